The zero-order valence-electron chi connectivity index (χ0n) is 16.4. The molecule has 3 heterocycles. The van der Waals surface area contributed by atoms with Crippen molar-refractivity contribution >= 4 is 17.2 Å². The summed E-state index contributed by atoms with van der Waals surface area (Å²) in [6.45, 7) is 9.15. The Bertz CT molecular complexity index is 955. The molecule has 0 saturated carbocycles. The van der Waals surface area contributed by atoms with E-state index in [-0.39, 0.29) is 11.9 Å². The van der Waals surface area contributed by atoms with Gasteiger partial charge < -0.3 is 9.42 Å². The molecule has 0 N–H and O–H groups in total. The van der Waals surface area contributed by atoms with Crippen molar-refractivity contribution in [3.05, 3.63) is 57.6 Å². The number of carbonyl (C=O) groups is 1. The highest BCUT2D eigenvalue weighted by molar-refractivity contribution is 7.13. The average Bonchev–Trinajstić information content (AvgIpc) is 3.37. The van der Waals surface area contributed by atoms with Crippen molar-refractivity contribution in [2.24, 2.45) is 0 Å². The molecule has 6 nitrogen and oxygen atoms in total. The van der Waals surface area contributed by atoms with Crippen LogP contribution in [-0.4, -0.2) is 52.0 Å². The molecule has 0 unspecified atom stereocenters. The number of hydrogen-bond donors (Lipinski definition) is 0. The number of carbonyl (C=O) groups excluding carboxylic acids is 1. The van der Waals surface area contributed by atoms with Crippen molar-refractivity contribution in [3.8, 4) is 11.4 Å². The van der Waals surface area contributed by atoms with Crippen LogP contribution in [0.4, 0.5) is 0 Å². The lowest BCUT2D eigenvalue weighted by atomic mass is 10.1. The van der Waals surface area contributed by atoms with Gasteiger partial charge in [-0.3, -0.25) is 9.69 Å². The lowest BCUT2D eigenvalue weighted by molar-refractivity contribution is 0.0556. The van der Waals surface area contributed by atoms with Crippen molar-refractivity contribution in [1.82, 2.24) is 19.9 Å². The summed E-state index contributed by atoms with van der Waals surface area (Å²) in [6, 6.07) is 12.0. The molecule has 0 spiro atoms. The van der Waals surface area contributed by atoms with E-state index in [1.807, 2.05) is 48.2 Å². The van der Waals surface area contributed by atoms with Crippen LogP contribution in [-0.2, 0) is 0 Å². The highest BCUT2D eigenvalue weighted by Crippen LogP contribution is 2.25. The number of aromatic nitrogens is 2. The van der Waals surface area contributed by atoms with E-state index in [0.717, 1.165) is 28.4 Å². The second-order valence-electron chi connectivity index (χ2n) is 7.24. The first-order valence-corrected chi connectivity index (χ1v) is 10.3. The van der Waals surface area contributed by atoms with Gasteiger partial charge in [0.05, 0.1) is 10.9 Å². The number of piperazine rings is 1. The highest BCUT2D eigenvalue weighted by atomic mass is 32.1. The number of nitrogens with zero attached hydrogens (tertiary/aromatic N) is 4. The Morgan fingerprint density at radius 1 is 1.07 bits per heavy atom. The van der Waals surface area contributed by atoms with Crippen LogP contribution in [0, 0.1) is 13.8 Å². The molecule has 7 heteroatoms. The van der Waals surface area contributed by atoms with Crippen molar-refractivity contribution in [2.75, 3.05) is 26.2 Å². The molecule has 0 bridgehead atoms. The van der Waals surface area contributed by atoms with Crippen molar-refractivity contribution in [3.63, 3.8) is 0 Å². The van der Waals surface area contributed by atoms with Crippen LogP contribution in [0.1, 0.15) is 39.0 Å². The number of hydrogen-bond acceptors (Lipinski definition) is 6. The van der Waals surface area contributed by atoms with Crippen molar-refractivity contribution in [2.45, 2.75) is 26.8 Å². The normalized spacial score (nSPS) is 16.3. The number of rotatable bonds is 4. The smallest absolute Gasteiger partial charge is 0.264 e. The van der Waals surface area contributed by atoms with E-state index in [0.29, 0.717) is 24.8 Å². The summed E-state index contributed by atoms with van der Waals surface area (Å²) in [4.78, 5) is 23.4. The van der Waals surface area contributed by atoms with Gasteiger partial charge in [-0.05, 0) is 32.9 Å². The summed E-state index contributed by atoms with van der Waals surface area (Å²) in [5, 5.41) is 4.14. The highest BCUT2D eigenvalue weighted by Gasteiger charge is 2.28. The topological polar surface area (TPSA) is 62.5 Å². The summed E-state index contributed by atoms with van der Waals surface area (Å²) < 4.78 is 5.53. The molecular weight excluding hydrogens is 372 g/mol. The summed E-state index contributed by atoms with van der Waals surface area (Å²) in [5.74, 6) is 1.36. The Hall–Kier alpha value is -2.51. The van der Waals surface area contributed by atoms with Gasteiger partial charge in [0.2, 0.25) is 11.7 Å². The lowest BCUT2D eigenvalue weighted by Crippen LogP contribution is -2.49. The Kier molecular flexibility index (Phi) is 5.28. The van der Waals surface area contributed by atoms with Crippen LogP contribution >= 0.6 is 11.3 Å². The van der Waals surface area contributed by atoms with E-state index < -0.39 is 0 Å². The van der Waals surface area contributed by atoms with Gasteiger partial charge in [-0.1, -0.05) is 35.0 Å². The SMILES string of the molecule is Cc1ccc(-c2noc([C@@H](C)N3CCN(C(=O)c4ccc(C)s4)CC3)n2)cc1. The second kappa shape index (κ2) is 7.85. The van der Waals surface area contributed by atoms with Crippen LogP contribution in [0.25, 0.3) is 11.4 Å². The van der Waals surface area contributed by atoms with Crippen LogP contribution < -0.4 is 0 Å². The van der Waals surface area contributed by atoms with E-state index in [9.17, 15) is 4.79 Å². The van der Waals surface area contributed by atoms with Crippen LogP contribution in [0.2, 0.25) is 0 Å². The number of thiophene rings is 1. The minimum Gasteiger partial charge on any atom is -0.337 e. The molecule has 0 radical (unpaired) electrons. The molecule has 1 aromatic carbocycles. The molecule has 146 valence electrons. The fourth-order valence-corrected chi connectivity index (χ4v) is 4.23. The molecule has 0 aliphatic carbocycles. The predicted molar refractivity (Wildman–Crippen MR) is 109 cm³/mol. The summed E-state index contributed by atoms with van der Waals surface area (Å²) in [7, 11) is 0. The zero-order chi connectivity index (χ0) is 19.7. The molecule has 1 amide bonds. The van der Waals surface area contributed by atoms with E-state index in [1.54, 1.807) is 11.3 Å². The van der Waals surface area contributed by atoms with E-state index >= 15 is 0 Å². The van der Waals surface area contributed by atoms with Crippen LogP contribution in [0.3, 0.4) is 0 Å². The molecule has 3 aromatic rings. The first-order chi connectivity index (χ1) is 13.5. The standard InChI is InChI=1S/C21H24N4O2S/c1-14-4-7-17(8-5-14)19-22-20(27-23-19)16(3)24-10-12-25(13-11-24)21(26)18-9-6-15(2)28-18/h4-9,16H,10-13H2,1-3H3/t16-/m1/s1. The Morgan fingerprint density at radius 2 is 1.79 bits per heavy atom. The van der Waals surface area contributed by atoms with E-state index in [1.165, 1.54) is 5.56 Å². The molecule has 1 atom stereocenters. The van der Waals surface area contributed by atoms with Crippen molar-refractivity contribution < 1.29 is 9.32 Å². The van der Waals surface area contributed by atoms with Gasteiger partial charge in [-0.25, -0.2) is 0 Å². The monoisotopic (exact) mass is 396 g/mol. The number of aryl methyl sites for hydroxylation is 2. The molecule has 1 fully saturated rings. The van der Waals surface area contributed by atoms with Crippen LogP contribution in [0.15, 0.2) is 40.9 Å². The summed E-state index contributed by atoms with van der Waals surface area (Å²) in [6.07, 6.45) is 0. The molecule has 1 aliphatic rings. The molecular formula is C21H24N4O2S. The molecule has 1 saturated heterocycles. The molecule has 2 aromatic heterocycles. The van der Waals surface area contributed by atoms with Crippen LogP contribution in [0.5, 0.6) is 0 Å². The fraction of sp³-hybridized carbons (Fsp3) is 0.381. The van der Waals surface area contributed by atoms with Gasteiger partial charge in [-0.15, -0.1) is 11.3 Å². The molecule has 4 rings (SSSR count). The summed E-state index contributed by atoms with van der Waals surface area (Å²) >= 11 is 1.56. The third-order valence-corrected chi connectivity index (χ3v) is 6.20. The van der Waals surface area contributed by atoms with E-state index in [2.05, 4.69) is 28.9 Å². The predicted octanol–water partition coefficient (Wildman–Crippen LogP) is 3.93. The third-order valence-electron chi connectivity index (χ3n) is 5.21. The largest absolute Gasteiger partial charge is 0.337 e. The summed E-state index contributed by atoms with van der Waals surface area (Å²) in [5.41, 5.74) is 2.15. The third kappa shape index (κ3) is 3.86. The van der Waals surface area contributed by atoms with Gasteiger partial charge in [0.1, 0.15) is 0 Å². The van der Waals surface area contributed by atoms with Gasteiger partial charge in [0, 0.05) is 36.6 Å². The zero-order valence-corrected chi connectivity index (χ0v) is 17.2. The fourth-order valence-electron chi connectivity index (χ4n) is 3.40. The maximum absolute atomic E-state index is 12.6. The molecule has 1 aliphatic heterocycles. The lowest BCUT2D eigenvalue weighted by Gasteiger charge is -2.36. The average molecular weight is 397 g/mol. The van der Waals surface area contributed by atoms with Crippen molar-refractivity contribution in [1.29, 1.82) is 0 Å². The quantitative estimate of drug-likeness (QED) is 0.669. The maximum Gasteiger partial charge on any atom is 0.264 e. The Labute approximate surface area is 168 Å². The van der Waals surface area contributed by atoms with Gasteiger partial charge in [0.15, 0.2) is 0 Å². The number of amides is 1. The number of benzene rings is 1. The first-order valence-electron chi connectivity index (χ1n) is 9.51. The van der Waals surface area contributed by atoms with E-state index in [4.69, 9.17) is 4.52 Å². The minimum atomic E-state index is 0.0212. The first kappa shape index (κ1) is 18.8. The Balaban J connectivity index is 1.38. The van der Waals surface area contributed by atoms with Gasteiger partial charge >= 0.3 is 0 Å². The maximum atomic E-state index is 12.6. The van der Waals surface area contributed by atoms with Gasteiger partial charge in [-0.2, -0.15) is 4.98 Å². The second-order valence-corrected chi connectivity index (χ2v) is 8.52. The van der Waals surface area contributed by atoms with Gasteiger partial charge in [0.25, 0.3) is 5.91 Å². The Morgan fingerprint density at radius 3 is 2.43 bits per heavy atom. The minimum absolute atomic E-state index is 0.0212. The molecule has 28 heavy (non-hydrogen) atoms.